The number of hydrogen-bond acceptors (Lipinski definition) is 4. The largest absolute Gasteiger partial charge is 0.454 e. The third kappa shape index (κ3) is 3.92. The van der Waals surface area contributed by atoms with Gasteiger partial charge in [0.2, 0.25) is 6.79 Å². The van der Waals surface area contributed by atoms with E-state index in [2.05, 4.69) is 39.0 Å². The molecule has 2 aliphatic carbocycles. The first-order valence-corrected chi connectivity index (χ1v) is 12.1. The number of allylic oxidation sites excluding steroid dienone is 1. The lowest BCUT2D eigenvalue weighted by atomic mass is 9.75. The van der Waals surface area contributed by atoms with E-state index in [1.54, 1.807) is 0 Å². The third-order valence-electron chi connectivity index (χ3n) is 7.90. The van der Waals surface area contributed by atoms with Crippen LogP contribution in [0.15, 0.2) is 24.3 Å². The second-order valence-electron chi connectivity index (χ2n) is 10.2. The van der Waals surface area contributed by atoms with Gasteiger partial charge in [0, 0.05) is 6.54 Å². The Hall–Kier alpha value is -2.17. The van der Waals surface area contributed by atoms with Crippen LogP contribution in [0.5, 0.6) is 11.5 Å². The molecule has 5 atom stereocenters. The van der Waals surface area contributed by atoms with Gasteiger partial charge in [-0.05, 0) is 79.0 Å². The van der Waals surface area contributed by atoms with E-state index in [4.69, 9.17) is 14.2 Å². The van der Waals surface area contributed by atoms with Crippen molar-refractivity contribution in [2.75, 3.05) is 13.3 Å². The Labute approximate surface area is 185 Å². The maximum absolute atomic E-state index is 13.4. The molecule has 1 amide bonds. The van der Waals surface area contributed by atoms with Gasteiger partial charge >= 0.3 is 6.09 Å². The average molecular weight is 426 g/mol. The highest BCUT2D eigenvalue weighted by Gasteiger charge is 2.43. The van der Waals surface area contributed by atoms with Crippen molar-refractivity contribution in [3.8, 4) is 11.5 Å². The predicted molar refractivity (Wildman–Crippen MR) is 120 cm³/mol. The molecule has 0 unspecified atom stereocenters. The van der Waals surface area contributed by atoms with Crippen LogP contribution in [0.3, 0.4) is 0 Å². The summed E-state index contributed by atoms with van der Waals surface area (Å²) in [4.78, 5) is 15.4. The summed E-state index contributed by atoms with van der Waals surface area (Å²) < 4.78 is 17.3. The summed E-state index contributed by atoms with van der Waals surface area (Å²) in [5.41, 5.74) is 2.37. The lowest BCUT2D eigenvalue weighted by Gasteiger charge is -2.39. The monoisotopic (exact) mass is 425 g/mol. The van der Waals surface area contributed by atoms with Crippen molar-refractivity contribution < 1.29 is 19.0 Å². The zero-order chi connectivity index (χ0) is 21.5. The summed E-state index contributed by atoms with van der Waals surface area (Å²) in [6, 6.07) is 6.24. The van der Waals surface area contributed by atoms with Crippen LogP contribution >= 0.6 is 0 Å². The van der Waals surface area contributed by atoms with Crippen LogP contribution < -0.4 is 9.47 Å². The maximum atomic E-state index is 13.4. The predicted octanol–water partition coefficient (Wildman–Crippen LogP) is 5.88. The second-order valence-corrected chi connectivity index (χ2v) is 10.2. The Morgan fingerprint density at radius 2 is 1.97 bits per heavy atom. The molecule has 168 valence electrons. The number of rotatable bonds is 3. The molecule has 5 nitrogen and oxygen atoms in total. The van der Waals surface area contributed by atoms with E-state index in [0.717, 1.165) is 55.7 Å². The van der Waals surface area contributed by atoms with Crippen molar-refractivity contribution in [3.05, 3.63) is 29.8 Å². The van der Waals surface area contributed by atoms with E-state index < -0.39 is 0 Å². The molecule has 2 heterocycles. The number of fused-ring (bicyclic) bond motifs is 2. The topological polar surface area (TPSA) is 48.0 Å². The van der Waals surface area contributed by atoms with Crippen molar-refractivity contribution in [2.24, 2.45) is 23.7 Å². The van der Waals surface area contributed by atoms with Crippen LogP contribution in [0, 0.1) is 23.7 Å². The molecule has 4 aliphatic rings. The van der Waals surface area contributed by atoms with Crippen molar-refractivity contribution in [2.45, 2.75) is 71.4 Å². The van der Waals surface area contributed by atoms with Gasteiger partial charge < -0.3 is 19.1 Å². The molecule has 2 aliphatic heterocycles. The third-order valence-corrected chi connectivity index (χ3v) is 7.90. The van der Waals surface area contributed by atoms with Crippen LogP contribution in [0.4, 0.5) is 4.79 Å². The van der Waals surface area contributed by atoms with Crippen molar-refractivity contribution in [3.63, 3.8) is 0 Å². The molecule has 1 aromatic carbocycles. The normalized spacial score (nSPS) is 32.1. The van der Waals surface area contributed by atoms with Crippen LogP contribution in [0.25, 0.3) is 5.57 Å². The Bertz CT molecular complexity index is 863. The van der Waals surface area contributed by atoms with E-state index in [0.29, 0.717) is 23.7 Å². The van der Waals surface area contributed by atoms with Gasteiger partial charge in [0.15, 0.2) is 11.5 Å². The summed E-state index contributed by atoms with van der Waals surface area (Å²) in [5.74, 6) is 3.72. The highest BCUT2D eigenvalue weighted by molar-refractivity contribution is 5.79. The van der Waals surface area contributed by atoms with Crippen molar-refractivity contribution in [1.82, 2.24) is 4.90 Å². The number of nitrogens with zero attached hydrogens (tertiary/aromatic N) is 1. The highest BCUT2D eigenvalue weighted by Crippen LogP contribution is 2.44. The minimum Gasteiger partial charge on any atom is -0.454 e. The van der Waals surface area contributed by atoms with Crippen LogP contribution in [0.1, 0.15) is 64.9 Å². The van der Waals surface area contributed by atoms with E-state index in [1.807, 2.05) is 11.0 Å². The van der Waals surface area contributed by atoms with Crippen LogP contribution in [-0.2, 0) is 4.74 Å². The minimum atomic E-state index is -0.120. The minimum absolute atomic E-state index is 0.0388. The fourth-order valence-electron chi connectivity index (χ4n) is 6.17. The summed E-state index contributed by atoms with van der Waals surface area (Å²) in [6.45, 7) is 7.86. The molecular weight excluding hydrogens is 390 g/mol. The first kappa shape index (κ1) is 20.7. The number of carbonyl (C=O) groups excluding carboxylic acids is 1. The number of amides is 1. The summed E-state index contributed by atoms with van der Waals surface area (Å²) in [5, 5.41) is 0. The van der Waals surface area contributed by atoms with Crippen LogP contribution in [-0.4, -0.2) is 36.5 Å². The number of benzene rings is 1. The van der Waals surface area contributed by atoms with Crippen molar-refractivity contribution in [1.29, 1.82) is 0 Å². The molecule has 31 heavy (non-hydrogen) atoms. The zero-order valence-corrected chi connectivity index (χ0v) is 19.0. The van der Waals surface area contributed by atoms with Gasteiger partial charge in [-0.25, -0.2) is 4.79 Å². The van der Waals surface area contributed by atoms with Crippen molar-refractivity contribution >= 4 is 11.7 Å². The molecule has 2 fully saturated rings. The maximum Gasteiger partial charge on any atom is 0.410 e. The van der Waals surface area contributed by atoms with Crippen LogP contribution in [0.2, 0.25) is 0 Å². The van der Waals surface area contributed by atoms with Gasteiger partial charge in [-0.15, -0.1) is 0 Å². The number of likely N-dealkylation sites (tertiary alicyclic amines) is 1. The molecule has 1 saturated carbocycles. The van der Waals surface area contributed by atoms with E-state index in [9.17, 15) is 4.79 Å². The summed E-state index contributed by atoms with van der Waals surface area (Å²) in [7, 11) is 0. The molecule has 0 radical (unpaired) electrons. The molecule has 1 saturated heterocycles. The molecule has 5 rings (SSSR count). The van der Waals surface area contributed by atoms with E-state index >= 15 is 0 Å². The zero-order valence-electron chi connectivity index (χ0n) is 19.0. The average Bonchev–Trinajstić information content (AvgIpc) is 3.39. The SMILES string of the molecule is CC(C)[C@@H]1CC[C@@H](C)C[C@H]1OC(=O)N1CC[C@H]2CCC=C(c3ccc4c(c3)OCO4)[C@H]21. The fraction of sp³-hybridized carbons (Fsp3) is 0.654. The number of hydrogen-bond donors (Lipinski definition) is 0. The standard InChI is InChI=1S/C26H35NO4/c1-16(2)20-9-7-17(3)13-23(20)31-26(28)27-12-11-18-5-4-6-21(25(18)27)19-8-10-22-24(14-19)30-15-29-22/h6,8,10,14,16-18,20,23,25H,4-5,7,9,11-13,15H2,1-3H3/t17-,18-,20+,23-,25+/m1/s1. The summed E-state index contributed by atoms with van der Waals surface area (Å²) in [6.07, 6.45) is 8.86. The number of carbonyl (C=O) groups is 1. The molecular formula is C26H35NO4. The van der Waals surface area contributed by atoms with Gasteiger partial charge in [-0.3, -0.25) is 0 Å². The Morgan fingerprint density at radius 3 is 2.81 bits per heavy atom. The first-order valence-electron chi connectivity index (χ1n) is 12.1. The van der Waals surface area contributed by atoms with Gasteiger partial charge in [0.25, 0.3) is 0 Å². The molecule has 0 spiro atoms. The first-order chi connectivity index (χ1) is 15.0. The summed E-state index contributed by atoms with van der Waals surface area (Å²) >= 11 is 0. The molecule has 1 aromatic rings. The van der Waals surface area contributed by atoms with Gasteiger partial charge in [-0.1, -0.05) is 39.3 Å². The molecule has 0 N–H and O–H groups in total. The molecule has 0 aromatic heterocycles. The van der Waals surface area contributed by atoms with E-state index in [-0.39, 0.29) is 25.0 Å². The van der Waals surface area contributed by atoms with Gasteiger partial charge in [-0.2, -0.15) is 0 Å². The fourth-order valence-corrected chi connectivity index (χ4v) is 6.17. The Morgan fingerprint density at radius 1 is 1.13 bits per heavy atom. The second kappa shape index (κ2) is 8.40. The van der Waals surface area contributed by atoms with E-state index in [1.165, 1.54) is 12.0 Å². The lowest BCUT2D eigenvalue weighted by Crippen LogP contribution is -2.44. The molecule has 5 heteroatoms. The quantitative estimate of drug-likeness (QED) is 0.607. The highest BCUT2D eigenvalue weighted by atomic mass is 16.7. The smallest absolute Gasteiger partial charge is 0.410 e. The van der Waals surface area contributed by atoms with Gasteiger partial charge in [0.1, 0.15) is 6.10 Å². The number of ether oxygens (including phenoxy) is 3. The Kier molecular flexibility index (Phi) is 5.61. The molecule has 0 bridgehead atoms. The Balaban J connectivity index is 1.36. The lowest BCUT2D eigenvalue weighted by molar-refractivity contribution is -0.0105. The van der Waals surface area contributed by atoms with Gasteiger partial charge in [0.05, 0.1) is 6.04 Å².